The minimum absolute atomic E-state index is 0.256. The zero-order valence-electron chi connectivity index (χ0n) is 17.6. The van der Waals surface area contributed by atoms with Crippen molar-refractivity contribution in [1.82, 2.24) is 25.1 Å². The van der Waals surface area contributed by atoms with E-state index in [0.29, 0.717) is 25.4 Å². The summed E-state index contributed by atoms with van der Waals surface area (Å²) >= 11 is 0. The zero-order valence-corrected chi connectivity index (χ0v) is 17.6. The van der Waals surface area contributed by atoms with E-state index in [1.165, 1.54) is 9.96 Å². The number of nitrogens with zero attached hydrogens (tertiary/aromatic N) is 5. The van der Waals surface area contributed by atoms with Crippen LogP contribution in [0.4, 0.5) is 4.79 Å². The van der Waals surface area contributed by atoms with E-state index in [2.05, 4.69) is 15.6 Å². The number of nitrogens with one attached hydrogen (secondary N) is 1. The van der Waals surface area contributed by atoms with Crippen molar-refractivity contribution >= 4 is 18.2 Å². The van der Waals surface area contributed by atoms with E-state index >= 15 is 0 Å². The highest BCUT2D eigenvalue weighted by Gasteiger charge is 2.52. The molecule has 0 spiro atoms. The van der Waals surface area contributed by atoms with Crippen LogP contribution in [-0.4, -0.2) is 58.1 Å². The Labute approximate surface area is 180 Å². The number of likely N-dealkylation sites (N-methyl/N-ethyl adjacent to an activating group) is 1. The second-order valence-electron chi connectivity index (χ2n) is 7.34. The standard InChI is InChI=1S/C21H26N6O4/c1-3-11-30-24-9-10-26-18-16(12-23-26)17-13-25(19(18)20(28)22-2)21(29)27(17)31-14-15-7-5-4-6-8-15/h4-9,12,17,19H,3,10-11,13-14H2,1-2H3,(H,22,28)/b24-9+/t17-,19-/m0/s1. The third-order valence-corrected chi connectivity index (χ3v) is 5.33. The molecule has 4 rings (SSSR count). The third kappa shape index (κ3) is 3.98. The Morgan fingerprint density at radius 3 is 2.90 bits per heavy atom. The van der Waals surface area contributed by atoms with Crippen molar-refractivity contribution < 1.29 is 19.3 Å². The van der Waals surface area contributed by atoms with Gasteiger partial charge in [0.15, 0.2) is 6.04 Å². The van der Waals surface area contributed by atoms with Crippen molar-refractivity contribution in [2.24, 2.45) is 5.16 Å². The van der Waals surface area contributed by atoms with Gasteiger partial charge in [0, 0.05) is 12.6 Å². The van der Waals surface area contributed by atoms with Crippen molar-refractivity contribution in [2.75, 3.05) is 20.2 Å². The van der Waals surface area contributed by atoms with Gasteiger partial charge in [0.2, 0.25) is 5.91 Å². The minimum atomic E-state index is -0.790. The highest BCUT2D eigenvalue weighted by Crippen LogP contribution is 2.44. The number of oxime groups is 1. The summed E-state index contributed by atoms with van der Waals surface area (Å²) in [5.41, 5.74) is 2.41. The van der Waals surface area contributed by atoms with Gasteiger partial charge in [0.05, 0.1) is 31.2 Å². The number of hydroxylamine groups is 2. The van der Waals surface area contributed by atoms with Gasteiger partial charge in [-0.15, -0.1) is 0 Å². The quantitative estimate of drug-likeness (QED) is 0.376. The number of hydrogen-bond donors (Lipinski definition) is 1. The molecule has 2 aliphatic heterocycles. The molecule has 10 heteroatoms. The summed E-state index contributed by atoms with van der Waals surface area (Å²) in [6, 6.07) is 8.17. The molecule has 1 aromatic heterocycles. The highest BCUT2D eigenvalue weighted by atomic mass is 16.7. The van der Waals surface area contributed by atoms with Gasteiger partial charge in [-0.3, -0.25) is 14.3 Å². The van der Waals surface area contributed by atoms with Crippen molar-refractivity contribution in [3.8, 4) is 0 Å². The number of hydrogen-bond acceptors (Lipinski definition) is 6. The molecule has 1 N–H and O–H groups in total. The lowest BCUT2D eigenvalue weighted by Gasteiger charge is -2.30. The van der Waals surface area contributed by atoms with Crippen LogP contribution in [-0.2, 0) is 27.6 Å². The van der Waals surface area contributed by atoms with Crippen molar-refractivity contribution in [3.63, 3.8) is 0 Å². The molecule has 0 aliphatic carbocycles. The molecule has 3 amide bonds. The first kappa shape index (κ1) is 20.9. The number of rotatable bonds is 9. The largest absolute Gasteiger partial charge is 0.396 e. The van der Waals surface area contributed by atoms with Crippen LogP contribution in [0.1, 0.15) is 42.2 Å². The number of amides is 3. The number of carbonyl (C=O) groups is 2. The summed E-state index contributed by atoms with van der Waals surface area (Å²) in [4.78, 5) is 38.4. The zero-order chi connectivity index (χ0) is 21.8. The van der Waals surface area contributed by atoms with Gasteiger partial charge >= 0.3 is 6.03 Å². The number of carbonyl (C=O) groups excluding carboxylic acids is 2. The Balaban J connectivity index is 1.60. The van der Waals surface area contributed by atoms with E-state index in [9.17, 15) is 9.59 Å². The molecule has 0 saturated carbocycles. The molecular formula is C21H26N6O4. The summed E-state index contributed by atoms with van der Waals surface area (Å²) in [5.74, 6) is -0.279. The van der Waals surface area contributed by atoms with Crippen LogP contribution in [0.25, 0.3) is 0 Å². The molecule has 2 aliphatic rings. The van der Waals surface area contributed by atoms with E-state index in [0.717, 1.165) is 17.5 Å². The lowest BCUT2D eigenvalue weighted by Crippen LogP contribution is -2.43. The van der Waals surface area contributed by atoms with E-state index < -0.39 is 6.04 Å². The summed E-state index contributed by atoms with van der Waals surface area (Å²) in [6.07, 6.45) is 4.16. The molecule has 1 fully saturated rings. The van der Waals surface area contributed by atoms with Crippen LogP contribution >= 0.6 is 0 Å². The Kier molecular flexibility index (Phi) is 6.17. The van der Waals surface area contributed by atoms with E-state index in [1.54, 1.807) is 24.1 Å². The van der Waals surface area contributed by atoms with Gasteiger partial charge in [0.25, 0.3) is 0 Å². The molecule has 31 heavy (non-hydrogen) atoms. The Morgan fingerprint density at radius 1 is 1.35 bits per heavy atom. The monoisotopic (exact) mass is 426 g/mol. The Hall–Kier alpha value is -3.40. The number of urea groups is 1. The number of fused-ring (bicyclic) bond motifs is 4. The minimum Gasteiger partial charge on any atom is -0.396 e. The molecular weight excluding hydrogens is 400 g/mol. The van der Waals surface area contributed by atoms with E-state index in [1.807, 2.05) is 37.3 Å². The summed E-state index contributed by atoms with van der Waals surface area (Å²) in [7, 11) is 1.55. The maximum Gasteiger partial charge on any atom is 0.345 e. The van der Waals surface area contributed by atoms with Crippen molar-refractivity contribution in [3.05, 3.63) is 53.3 Å². The lowest BCUT2D eigenvalue weighted by molar-refractivity contribution is -0.141. The highest BCUT2D eigenvalue weighted by molar-refractivity contribution is 5.90. The van der Waals surface area contributed by atoms with Crippen molar-refractivity contribution in [1.29, 1.82) is 0 Å². The molecule has 1 saturated heterocycles. The van der Waals surface area contributed by atoms with Crippen LogP contribution in [0.15, 0.2) is 41.7 Å². The van der Waals surface area contributed by atoms with Crippen molar-refractivity contribution in [2.45, 2.75) is 38.6 Å². The van der Waals surface area contributed by atoms with Crippen LogP contribution < -0.4 is 5.32 Å². The lowest BCUT2D eigenvalue weighted by atomic mass is 9.97. The van der Waals surface area contributed by atoms with Crippen LogP contribution in [0.2, 0.25) is 0 Å². The van der Waals surface area contributed by atoms with Gasteiger partial charge in [-0.25, -0.2) is 4.79 Å². The second-order valence-corrected chi connectivity index (χ2v) is 7.34. The molecule has 2 atom stereocenters. The average Bonchev–Trinajstić information content (AvgIpc) is 3.33. The first-order chi connectivity index (χ1) is 15.2. The Bertz CT molecular complexity index is 960. The maximum absolute atomic E-state index is 13.1. The molecule has 3 heterocycles. The smallest absolute Gasteiger partial charge is 0.345 e. The fourth-order valence-corrected chi connectivity index (χ4v) is 3.87. The van der Waals surface area contributed by atoms with Gasteiger partial charge in [-0.1, -0.05) is 42.4 Å². The second kappa shape index (κ2) is 9.17. The fraction of sp³-hybridized carbons (Fsp3) is 0.429. The maximum atomic E-state index is 13.1. The molecule has 0 unspecified atom stereocenters. The van der Waals surface area contributed by atoms with Gasteiger partial charge in [0.1, 0.15) is 19.3 Å². The number of aromatic nitrogens is 2. The fourth-order valence-electron chi connectivity index (χ4n) is 3.87. The van der Waals surface area contributed by atoms with Gasteiger partial charge < -0.3 is 15.1 Å². The molecule has 0 radical (unpaired) electrons. The van der Waals surface area contributed by atoms with Crippen LogP contribution in [0.5, 0.6) is 0 Å². The Morgan fingerprint density at radius 2 is 2.16 bits per heavy atom. The van der Waals surface area contributed by atoms with Gasteiger partial charge in [-0.05, 0) is 12.0 Å². The molecule has 1 aromatic carbocycles. The first-order valence-corrected chi connectivity index (χ1v) is 10.3. The summed E-state index contributed by atoms with van der Waals surface area (Å²) in [5, 5.41) is 12.4. The number of benzene rings is 1. The van der Waals surface area contributed by atoms with Crippen LogP contribution in [0.3, 0.4) is 0 Å². The summed E-state index contributed by atoms with van der Waals surface area (Å²) < 4.78 is 1.68. The molecule has 2 bridgehead atoms. The third-order valence-electron chi connectivity index (χ3n) is 5.33. The average molecular weight is 426 g/mol. The molecule has 2 aromatic rings. The van der Waals surface area contributed by atoms with E-state index in [4.69, 9.17) is 9.68 Å². The predicted molar refractivity (Wildman–Crippen MR) is 112 cm³/mol. The van der Waals surface area contributed by atoms with Crippen LogP contribution in [0, 0.1) is 0 Å². The first-order valence-electron chi connectivity index (χ1n) is 10.3. The molecule has 10 nitrogen and oxygen atoms in total. The summed E-state index contributed by atoms with van der Waals surface area (Å²) in [6.45, 7) is 3.48. The topological polar surface area (TPSA) is 101 Å². The van der Waals surface area contributed by atoms with E-state index in [-0.39, 0.29) is 24.6 Å². The van der Waals surface area contributed by atoms with Gasteiger partial charge in [-0.2, -0.15) is 10.2 Å². The molecule has 164 valence electrons. The normalized spacial score (nSPS) is 19.7. The predicted octanol–water partition coefficient (Wildman–Crippen LogP) is 2.01. The SMILES string of the molecule is CCCO/N=C/Cn1ncc2c1[C@@H](C(=O)NC)N1C[C@@H]2N(OCc2ccccc2)C1=O.